The molecule has 234 valence electrons. The lowest BCUT2D eigenvalue weighted by Crippen LogP contribution is -2.26. The van der Waals surface area contributed by atoms with Crippen LogP contribution in [-0.2, 0) is 24.9 Å². The van der Waals surface area contributed by atoms with Crippen LogP contribution in [-0.4, -0.2) is 61.6 Å². The summed E-state index contributed by atoms with van der Waals surface area (Å²) in [4.78, 5) is 17.5. The van der Waals surface area contributed by atoms with E-state index in [0.29, 0.717) is 19.0 Å². The first-order valence-corrected chi connectivity index (χ1v) is 15.5. The Balaban J connectivity index is 1.85. The molecule has 0 unspecified atom stereocenters. The van der Waals surface area contributed by atoms with Crippen molar-refractivity contribution in [1.82, 2.24) is 19.9 Å². The molecule has 0 saturated heterocycles. The normalized spacial score (nSPS) is 11.8. The van der Waals surface area contributed by atoms with E-state index in [1.165, 1.54) is 31.6 Å². The first-order valence-electron chi connectivity index (χ1n) is 14.0. The van der Waals surface area contributed by atoms with Crippen LogP contribution >= 0.6 is 0 Å². The minimum absolute atomic E-state index is 0.00173. The maximum atomic E-state index is 13.7. The van der Waals surface area contributed by atoms with Crippen LogP contribution in [0.1, 0.15) is 40.2 Å². The Morgan fingerprint density at radius 1 is 0.841 bits per heavy atom. The average molecular weight is 624 g/mol. The van der Waals surface area contributed by atoms with Gasteiger partial charge >= 0.3 is 0 Å². The van der Waals surface area contributed by atoms with Crippen molar-refractivity contribution < 1.29 is 32.1 Å². The fourth-order valence-corrected chi connectivity index (χ4v) is 5.01. The van der Waals surface area contributed by atoms with Crippen molar-refractivity contribution in [3.8, 4) is 34.8 Å². The Morgan fingerprint density at radius 3 is 2.07 bits per heavy atom. The first kappa shape index (κ1) is 32.6. The van der Waals surface area contributed by atoms with E-state index in [4.69, 9.17) is 23.7 Å². The summed E-state index contributed by atoms with van der Waals surface area (Å²) in [7, 11) is -2.68. The van der Waals surface area contributed by atoms with E-state index in [1.807, 2.05) is 34.6 Å². The van der Waals surface area contributed by atoms with Gasteiger partial charge in [0.1, 0.15) is 6.61 Å². The third-order valence-electron chi connectivity index (χ3n) is 6.20. The van der Waals surface area contributed by atoms with Gasteiger partial charge in [-0.1, -0.05) is 45.0 Å². The fourth-order valence-electron chi connectivity index (χ4n) is 4.00. The van der Waals surface area contributed by atoms with Crippen LogP contribution in [0.25, 0.3) is 11.6 Å². The highest BCUT2D eigenvalue weighted by molar-refractivity contribution is 7.92. The summed E-state index contributed by atoms with van der Waals surface area (Å²) in [5, 5.41) is 0. The lowest BCUT2D eigenvalue weighted by molar-refractivity contribution is -0.152. The van der Waals surface area contributed by atoms with Gasteiger partial charge in [0.15, 0.2) is 29.4 Å². The van der Waals surface area contributed by atoms with Crippen LogP contribution in [0.15, 0.2) is 71.9 Å². The lowest BCUT2D eigenvalue weighted by Gasteiger charge is -2.21. The molecule has 2 heterocycles. The zero-order valence-corrected chi connectivity index (χ0v) is 26.4. The third-order valence-corrected chi connectivity index (χ3v) is 7.56. The van der Waals surface area contributed by atoms with E-state index in [0.717, 1.165) is 5.56 Å². The molecule has 0 bridgehead atoms. The second kappa shape index (κ2) is 14.4. The van der Waals surface area contributed by atoms with E-state index in [9.17, 15) is 8.42 Å². The van der Waals surface area contributed by atoms with Gasteiger partial charge in [-0.15, -0.1) is 0 Å². The number of nitrogens with one attached hydrogen (secondary N) is 1. The van der Waals surface area contributed by atoms with Crippen LogP contribution in [0.2, 0.25) is 0 Å². The Labute approximate surface area is 257 Å². The Morgan fingerprint density at radius 2 is 1.48 bits per heavy atom. The second-order valence-corrected chi connectivity index (χ2v) is 12.1. The van der Waals surface area contributed by atoms with Crippen LogP contribution in [0.5, 0.6) is 23.1 Å². The molecule has 1 N–H and O–H groups in total. The molecule has 12 nitrogen and oxygen atoms in total. The van der Waals surface area contributed by atoms with E-state index in [2.05, 4.69) is 24.7 Å². The molecule has 2 aromatic heterocycles. The number of anilines is 1. The summed E-state index contributed by atoms with van der Waals surface area (Å²) in [6, 6.07) is 15.1. The van der Waals surface area contributed by atoms with Crippen LogP contribution in [0.3, 0.4) is 0 Å². The summed E-state index contributed by atoms with van der Waals surface area (Å²) < 4.78 is 59.0. The van der Waals surface area contributed by atoms with Crippen molar-refractivity contribution in [2.24, 2.45) is 0 Å². The number of benzene rings is 2. The maximum Gasteiger partial charge on any atom is 0.264 e. The van der Waals surface area contributed by atoms with Crippen LogP contribution < -0.4 is 18.9 Å². The lowest BCUT2D eigenvalue weighted by atomic mass is 9.87. The van der Waals surface area contributed by atoms with E-state index >= 15 is 0 Å². The number of rotatable bonds is 14. The summed E-state index contributed by atoms with van der Waals surface area (Å²) in [5.41, 5.74) is 0.825. The van der Waals surface area contributed by atoms with Crippen molar-refractivity contribution in [3.63, 3.8) is 0 Å². The molecule has 0 amide bonds. The third kappa shape index (κ3) is 8.18. The smallest absolute Gasteiger partial charge is 0.264 e. The molecular weight excluding hydrogens is 586 g/mol. The Hall–Kier alpha value is -4.33. The number of para-hydroxylation sites is 2. The highest BCUT2D eigenvalue weighted by Gasteiger charge is 2.27. The van der Waals surface area contributed by atoms with Gasteiger partial charge in [-0.3, -0.25) is 4.72 Å². The summed E-state index contributed by atoms with van der Waals surface area (Å²) in [5.74, 6) is 0.387. The molecule has 0 atom stereocenters. The molecule has 0 fully saturated rings. The first-order chi connectivity index (χ1) is 21.1. The van der Waals surface area contributed by atoms with Gasteiger partial charge < -0.3 is 23.7 Å². The van der Waals surface area contributed by atoms with Gasteiger partial charge in [0.2, 0.25) is 11.6 Å². The standard InChI is InChI=1S/C31H37N5O7S/c1-7-40-25(41-8-2)20-42-30-26(43-24-13-10-9-12-23(24)39-6)27(34-29(35-30)28-32-18-11-19-33-28)36-44(37,38)22-16-14-21(15-17-22)31(3,4)5/h9-19,25H,7-8,20H2,1-6H3,(H,34,35,36). The quantitative estimate of drug-likeness (QED) is 0.175. The van der Waals surface area contributed by atoms with Crippen molar-refractivity contribution in [1.29, 1.82) is 0 Å². The topological polar surface area (TPSA) is 144 Å². The summed E-state index contributed by atoms with van der Waals surface area (Å²) in [6.07, 6.45) is 2.32. The number of ether oxygens (including phenoxy) is 5. The molecule has 4 rings (SSSR count). The van der Waals surface area contributed by atoms with Gasteiger partial charge in [0.05, 0.1) is 12.0 Å². The highest BCUT2D eigenvalue weighted by atomic mass is 32.2. The number of hydrogen-bond donors (Lipinski definition) is 1. The summed E-state index contributed by atoms with van der Waals surface area (Å²) in [6.45, 7) is 10.5. The van der Waals surface area contributed by atoms with Crippen LogP contribution in [0.4, 0.5) is 5.82 Å². The number of methoxy groups -OCH3 is 1. The number of hydrogen-bond acceptors (Lipinski definition) is 11. The van der Waals surface area contributed by atoms with Gasteiger partial charge in [-0.05, 0) is 55.2 Å². The van der Waals surface area contributed by atoms with Crippen molar-refractivity contribution >= 4 is 15.8 Å². The molecule has 2 aromatic carbocycles. The van der Waals surface area contributed by atoms with Crippen LogP contribution in [0, 0.1) is 0 Å². The molecule has 0 radical (unpaired) electrons. The van der Waals surface area contributed by atoms with E-state index in [-0.39, 0.29) is 51.8 Å². The molecule has 0 aliphatic carbocycles. The largest absolute Gasteiger partial charge is 0.493 e. The molecule has 0 saturated carbocycles. The zero-order valence-electron chi connectivity index (χ0n) is 25.6. The van der Waals surface area contributed by atoms with Crippen molar-refractivity contribution in [3.05, 3.63) is 72.6 Å². The Bertz CT molecular complexity index is 1620. The number of sulfonamides is 1. The molecule has 0 spiro atoms. The molecule has 13 heteroatoms. The second-order valence-electron chi connectivity index (χ2n) is 10.4. The maximum absolute atomic E-state index is 13.7. The van der Waals surface area contributed by atoms with E-state index in [1.54, 1.807) is 42.5 Å². The van der Waals surface area contributed by atoms with Gasteiger partial charge in [0.25, 0.3) is 15.9 Å². The Kier molecular flexibility index (Phi) is 10.7. The minimum atomic E-state index is -4.17. The monoisotopic (exact) mass is 623 g/mol. The van der Waals surface area contributed by atoms with Gasteiger partial charge in [-0.2, -0.15) is 4.98 Å². The molecule has 4 aromatic rings. The molecule has 0 aliphatic heterocycles. The van der Waals surface area contributed by atoms with Crippen molar-refractivity contribution in [2.45, 2.75) is 51.2 Å². The minimum Gasteiger partial charge on any atom is -0.493 e. The molecular formula is C31H37N5O7S. The van der Waals surface area contributed by atoms with E-state index < -0.39 is 16.3 Å². The molecule has 0 aliphatic rings. The number of aromatic nitrogens is 4. The average Bonchev–Trinajstić information content (AvgIpc) is 3.01. The summed E-state index contributed by atoms with van der Waals surface area (Å²) >= 11 is 0. The fraction of sp³-hybridized carbons (Fsp3) is 0.355. The number of nitrogens with zero attached hydrogens (tertiary/aromatic N) is 4. The highest BCUT2D eigenvalue weighted by Crippen LogP contribution is 2.41. The van der Waals surface area contributed by atoms with Gasteiger partial charge in [0, 0.05) is 25.6 Å². The predicted octanol–water partition coefficient (Wildman–Crippen LogP) is 5.61. The van der Waals surface area contributed by atoms with Crippen molar-refractivity contribution in [2.75, 3.05) is 31.7 Å². The van der Waals surface area contributed by atoms with Gasteiger partial charge in [-0.25, -0.2) is 23.4 Å². The zero-order chi connectivity index (χ0) is 31.7. The molecule has 44 heavy (non-hydrogen) atoms. The SMILES string of the molecule is CCOC(COc1nc(-c2ncccn2)nc(NS(=O)(=O)c2ccc(C(C)(C)C)cc2)c1Oc1ccccc1OC)OCC. The predicted molar refractivity (Wildman–Crippen MR) is 165 cm³/mol.